The highest BCUT2D eigenvalue weighted by Crippen LogP contribution is 2.25. The molecule has 0 fully saturated rings. The molecule has 0 aliphatic rings. The third-order valence-electron chi connectivity index (χ3n) is 2.21. The number of rotatable bonds is 9. The minimum atomic E-state index is -3.36. The third kappa shape index (κ3) is 8.50. The van der Waals surface area contributed by atoms with Gasteiger partial charge in [-0.05, 0) is 52.6 Å². The summed E-state index contributed by atoms with van der Waals surface area (Å²) in [6.45, 7) is 20.5. The zero-order valence-corrected chi connectivity index (χ0v) is 17.4. The molecule has 0 rings (SSSR count). The Morgan fingerprint density at radius 1 is 1.05 bits per heavy atom. The lowest BCUT2D eigenvalue weighted by Gasteiger charge is -2.39. The molecular weight excluding hydrogens is 304 g/mol. The smallest absolute Gasteiger partial charge is 0.415 e. The van der Waals surface area contributed by atoms with Crippen molar-refractivity contribution in [2.45, 2.75) is 65.3 Å². The SMILES string of the molecule is C=C(C)COC(CC)[Si](O)(O[Si](C)(C)C)O[Si](C)(C)C. The number of hydrogen-bond acceptors (Lipinski definition) is 4. The summed E-state index contributed by atoms with van der Waals surface area (Å²) < 4.78 is 18.0. The Kier molecular flexibility index (Phi) is 7.57. The molecule has 0 aromatic heterocycles. The van der Waals surface area contributed by atoms with Crippen molar-refractivity contribution < 1.29 is 17.8 Å². The summed E-state index contributed by atoms with van der Waals surface area (Å²) in [4.78, 5) is 11.1. The molecule has 0 aliphatic heterocycles. The van der Waals surface area contributed by atoms with Crippen LogP contribution in [0.25, 0.3) is 0 Å². The highest BCUT2D eigenvalue weighted by atomic mass is 28.5. The molecule has 120 valence electrons. The van der Waals surface area contributed by atoms with Gasteiger partial charge in [-0.2, -0.15) is 0 Å². The van der Waals surface area contributed by atoms with Gasteiger partial charge in [0.25, 0.3) is 0 Å². The first kappa shape index (κ1) is 20.2. The summed E-state index contributed by atoms with van der Waals surface area (Å²) in [5.74, 6) is 0. The second kappa shape index (κ2) is 7.48. The van der Waals surface area contributed by atoms with E-state index in [9.17, 15) is 4.80 Å². The van der Waals surface area contributed by atoms with Crippen LogP contribution >= 0.6 is 0 Å². The van der Waals surface area contributed by atoms with Gasteiger partial charge >= 0.3 is 8.80 Å². The second-order valence-electron chi connectivity index (χ2n) is 7.22. The Labute approximate surface area is 127 Å². The average Bonchev–Trinajstić information content (AvgIpc) is 2.10. The standard InChI is InChI=1S/C13H32O4Si3/c1-10-13(15-11-12(2)3)20(14,16-18(4,5)6)17-19(7,8)9/h13-14H,2,10-11H2,1,3-9H3. The van der Waals surface area contributed by atoms with E-state index >= 15 is 0 Å². The van der Waals surface area contributed by atoms with E-state index in [2.05, 4.69) is 45.9 Å². The third-order valence-corrected chi connectivity index (χ3v) is 10.8. The fourth-order valence-corrected chi connectivity index (χ4v) is 11.2. The molecule has 1 unspecified atom stereocenters. The Bertz CT molecular complexity index is 305. The van der Waals surface area contributed by atoms with E-state index < -0.39 is 25.4 Å². The van der Waals surface area contributed by atoms with Gasteiger partial charge in [-0.15, -0.1) is 0 Å². The van der Waals surface area contributed by atoms with Crippen molar-refractivity contribution in [1.29, 1.82) is 0 Å². The van der Waals surface area contributed by atoms with Crippen LogP contribution in [-0.4, -0.2) is 42.6 Å². The lowest BCUT2D eigenvalue weighted by atomic mass is 10.4. The van der Waals surface area contributed by atoms with E-state index in [-0.39, 0.29) is 5.73 Å². The predicted molar refractivity (Wildman–Crippen MR) is 91.7 cm³/mol. The largest absolute Gasteiger partial charge is 0.507 e. The summed E-state index contributed by atoms with van der Waals surface area (Å²) in [6.07, 6.45) is 0.672. The quantitative estimate of drug-likeness (QED) is 0.517. The van der Waals surface area contributed by atoms with Gasteiger partial charge in [-0.3, -0.25) is 0 Å². The summed E-state index contributed by atoms with van der Waals surface area (Å²) in [5, 5.41) is 0. The zero-order valence-electron chi connectivity index (χ0n) is 14.4. The fraction of sp³-hybridized carbons (Fsp3) is 0.846. The molecule has 0 spiro atoms. The molecule has 0 aliphatic carbocycles. The Hall–Kier alpha value is 0.231. The molecule has 0 radical (unpaired) electrons. The van der Waals surface area contributed by atoms with E-state index in [1.807, 2.05) is 13.8 Å². The van der Waals surface area contributed by atoms with Crippen LogP contribution in [0.5, 0.6) is 0 Å². The van der Waals surface area contributed by atoms with Crippen LogP contribution in [0.1, 0.15) is 20.3 Å². The Balaban J connectivity index is 5.19. The van der Waals surface area contributed by atoms with Crippen LogP contribution in [0.4, 0.5) is 0 Å². The van der Waals surface area contributed by atoms with Gasteiger partial charge in [0.15, 0.2) is 16.6 Å². The highest BCUT2D eigenvalue weighted by molar-refractivity contribution is 6.85. The normalized spacial score (nSPS) is 15.2. The number of ether oxygens (including phenoxy) is 1. The van der Waals surface area contributed by atoms with E-state index in [4.69, 9.17) is 13.0 Å². The topological polar surface area (TPSA) is 47.9 Å². The van der Waals surface area contributed by atoms with Gasteiger partial charge in [0.1, 0.15) is 5.73 Å². The second-order valence-corrected chi connectivity index (χ2v) is 19.2. The van der Waals surface area contributed by atoms with Gasteiger partial charge in [0.2, 0.25) is 0 Å². The molecule has 0 aromatic rings. The van der Waals surface area contributed by atoms with Gasteiger partial charge < -0.3 is 17.8 Å². The zero-order chi connectivity index (χ0) is 16.2. The van der Waals surface area contributed by atoms with Crippen molar-refractivity contribution >= 4 is 25.4 Å². The fourth-order valence-electron chi connectivity index (χ4n) is 1.75. The Morgan fingerprint density at radius 2 is 1.45 bits per heavy atom. The summed E-state index contributed by atoms with van der Waals surface area (Å²) in [6, 6.07) is 0. The van der Waals surface area contributed by atoms with Crippen LogP contribution in [0.2, 0.25) is 39.3 Å². The van der Waals surface area contributed by atoms with E-state index in [0.29, 0.717) is 13.0 Å². The van der Waals surface area contributed by atoms with Gasteiger partial charge in [-0.1, -0.05) is 19.1 Å². The lowest BCUT2D eigenvalue weighted by molar-refractivity contribution is 0.0584. The maximum Gasteiger partial charge on any atom is 0.507 e. The van der Waals surface area contributed by atoms with Gasteiger partial charge in [-0.25, -0.2) is 0 Å². The molecule has 0 heterocycles. The Morgan fingerprint density at radius 3 is 1.70 bits per heavy atom. The first-order valence-electron chi connectivity index (χ1n) is 7.18. The van der Waals surface area contributed by atoms with Crippen LogP contribution in [0.15, 0.2) is 12.2 Å². The van der Waals surface area contributed by atoms with Gasteiger partial charge in [0.05, 0.1) is 6.61 Å². The first-order valence-corrected chi connectivity index (χ1v) is 15.8. The first-order chi connectivity index (χ1) is 8.79. The van der Waals surface area contributed by atoms with E-state index in [1.54, 1.807) is 0 Å². The highest BCUT2D eigenvalue weighted by Gasteiger charge is 2.51. The molecule has 4 nitrogen and oxygen atoms in total. The van der Waals surface area contributed by atoms with Crippen molar-refractivity contribution in [2.75, 3.05) is 6.61 Å². The van der Waals surface area contributed by atoms with Crippen LogP contribution in [0.3, 0.4) is 0 Å². The average molecular weight is 337 g/mol. The molecule has 0 aromatic carbocycles. The molecule has 1 N–H and O–H groups in total. The molecule has 20 heavy (non-hydrogen) atoms. The predicted octanol–water partition coefficient (Wildman–Crippen LogP) is 3.53. The van der Waals surface area contributed by atoms with Crippen molar-refractivity contribution in [3.05, 3.63) is 12.2 Å². The molecular formula is C13H32O4Si3. The van der Waals surface area contributed by atoms with Crippen molar-refractivity contribution in [3.63, 3.8) is 0 Å². The lowest BCUT2D eigenvalue weighted by Crippen LogP contribution is -2.63. The van der Waals surface area contributed by atoms with Crippen LogP contribution in [0, 0.1) is 0 Å². The minimum absolute atomic E-state index is 0.377. The van der Waals surface area contributed by atoms with E-state index in [0.717, 1.165) is 5.57 Å². The summed E-state index contributed by atoms with van der Waals surface area (Å²) in [7, 11) is -7.20. The molecule has 0 bridgehead atoms. The van der Waals surface area contributed by atoms with Crippen molar-refractivity contribution in [3.8, 4) is 0 Å². The van der Waals surface area contributed by atoms with Gasteiger partial charge in [0, 0.05) is 0 Å². The van der Waals surface area contributed by atoms with Crippen molar-refractivity contribution in [1.82, 2.24) is 0 Å². The maximum atomic E-state index is 11.1. The van der Waals surface area contributed by atoms with Crippen LogP contribution < -0.4 is 0 Å². The van der Waals surface area contributed by atoms with E-state index in [1.165, 1.54) is 0 Å². The molecule has 7 heteroatoms. The monoisotopic (exact) mass is 336 g/mol. The molecule has 0 amide bonds. The minimum Gasteiger partial charge on any atom is -0.415 e. The van der Waals surface area contributed by atoms with Crippen molar-refractivity contribution in [2.24, 2.45) is 0 Å². The molecule has 1 atom stereocenters. The molecule has 0 saturated heterocycles. The number of hydrogen-bond donors (Lipinski definition) is 1. The molecule has 0 saturated carbocycles. The van der Waals surface area contributed by atoms with Crippen LogP contribution in [-0.2, 0) is 13.0 Å². The summed E-state index contributed by atoms with van der Waals surface area (Å²) >= 11 is 0. The summed E-state index contributed by atoms with van der Waals surface area (Å²) in [5.41, 5.74) is 0.554. The maximum absolute atomic E-state index is 11.1.